The van der Waals surface area contributed by atoms with Gasteiger partial charge in [0, 0.05) is 28.8 Å². The standard InChI is InChI=1S/C18H29BrN2O2/c1-13-8-9-14(19)12-15(13)20-10-11-21(17(2,3)4)16(22)23-18(5,6)7/h8-9,12,20H,10-11H2,1-7H3. The maximum Gasteiger partial charge on any atom is 0.410 e. The fourth-order valence-corrected chi connectivity index (χ4v) is 2.47. The van der Waals surface area contributed by atoms with Gasteiger partial charge in [-0.2, -0.15) is 0 Å². The van der Waals surface area contributed by atoms with Gasteiger partial charge in [-0.05, 0) is 66.2 Å². The molecule has 0 saturated carbocycles. The van der Waals surface area contributed by atoms with Crippen LogP contribution in [-0.2, 0) is 4.74 Å². The molecule has 0 unspecified atom stereocenters. The van der Waals surface area contributed by atoms with Crippen molar-refractivity contribution in [3.63, 3.8) is 0 Å². The largest absolute Gasteiger partial charge is 0.444 e. The molecule has 130 valence electrons. The van der Waals surface area contributed by atoms with Crippen molar-refractivity contribution in [3.8, 4) is 0 Å². The molecule has 1 rings (SSSR count). The molecule has 4 nitrogen and oxygen atoms in total. The number of anilines is 1. The Kier molecular flexibility index (Phi) is 6.51. The van der Waals surface area contributed by atoms with Crippen LogP contribution in [0.25, 0.3) is 0 Å². The Hall–Kier alpha value is -1.23. The third-order valence-electron chi connectivity index (χ3n) is 3.27. The maximum absolute atomic E-state index is 12.4. The number of hydrogen-bond acceptors (Lipinski definition) is 3. The highest BCUT2D eigenvalue weighted by molar-refractivity contribution is 9.10. The Morgan fingerprint density at radius 1 is 1.22 bits per heavy atom. The Labute approximate surface area is 148 Å². The molecule has 0 saturated heterocycles. The zero-order valence-corrected chi connectivity index (χ0v) is 16.9. The molecule has 0 radical (unpaired) electrons. The average molecular weight is 385 g/mol. The summed E-state index contributed by atoms with van der Waals surface area (Å²) in [5.41, 5.74) is 1.45. The van der Waals surface area contributed by atoms with Crippen molar-refractivity contribution in [2.75, 3.05) is 18.4 Å². The van der Waals surface area contributed by atoms with Crippen LogP contribution in [0.3, 0.4) is 0 Å². The lowest BCUT2D eigenvalue weighted by atomic mass is 10.1. The predicted octanol–water partition coefficient (Wildman–Crippen LogP) is 5.21. The Balaban J connectivity index is 2.72. The SMILES string of the molecule is Cc1ccc(Br)cc1NCCN(C(=O)OC(C)(C)C)C(C)(C)C. The third kappa shape index (κ3) is 6.81. The van der Waals surface area contributed by atoms with Crippen molar-refractivity contribution in [2.24, 2.45) is 0 Å². The number of aryl methyl sites for hydroxylation is 1. The topological polar surface area (TPSA) is 41.6 Å². The molecule has 0 bridgehead atoms. The lowest BCUT2D eigenvalue weighted by Crippen LogP contribution is -2.49. The van der Waals surface area contributed by atoms with Crippen LogP contribution in [0.2, 0.25) is 0 Å². The van der Waals surface area contributed by atoms with Crippen LogP contribution in [0, 0.1) is 6.92 Å². The van der Waals surface area contributed by atoms with Gasteiger partial charge < -0.3 is 15.0 Å². The minimum absolute atomic E-state index is 0.280. The lowest BCUT2D eigenvalue weighted by molar-refractivity contribution is 0.00749. The number of rotatable bonds is 4. The first-order valence-corrected chi connectivity index (χ1v) is 8.70. The second kappa shape index (κ2) is 7.56. The molecule has 1 aromatic rings. The summed E-state index contributed by atoms with van der Waals surface area (Å²) in [7, 11) is 0. The Morgan fingerprint density at radius 2 is 1.83 bits per heavy atom. The monoisotopic (exact) mass is 384 g/mol. The van der Waals surface area contributed by atoms with Gasteiger partial charge in [0.15, 0.2) is 0 Å². The van der Waals surface area contributed by atoms with Crippen molar-refractivity contribution in [1.82, 2.24) is 4.90 Å². The van der Waals surface area contributed by atoms with Crippen molar-refractivity contribution in [2.45, 2.75) is 59.6 Å². The molecule has 1 amide bonds. The number of hydrogen-bond donors (Lipinski definition) is 1. The van der Waals surface area contributed by atoms with E-state index in [2.05, 4.69) is 34.2 Å². The van der Waals surface area contributed by atoms with Crippen molar-refractivity contribution in [3.05, 3.63) is 28.2 Å². The number of amides is 1. The molecule has 0 aliphatic heterocycles. The molecule has 23 heavy (non-hydrogen) atoms. The Morgan fingerprint density at radius 3 is 2.35 bits per heavy atom. The molecule has 0 aliphatic rings. The molecular formula is C18H29BrN2O2. The fourth-order valence-electron chi connectivity index (χ4n) is 2.10. The van der Waals surface area contributed by atoms with E-state index in [1.54, 1.807) is 4.90 Å². The summed E-state index contributed by atoms with van der Waals surface area (Å²) < 4.78 is 6.56. The van der Waals surface area contributed by atoms with Gasteiger partial charge in [-0.1, -0.05) is 22.0 Å². The van der Waals surface area contributed by atoms with Crippen LogP contribution in [0.5, 0.6) is 0 Å². The van der Waals surface area contributed by atoms with Crippen molar-refractivity contribution >= 4 is 27.7 Å². The molecule has 0 aromatic heterocycles. The molecular weight excluding hydrogens is 356 g/mol. The minimum atomic E-state index is -0.491. The first kappa shape index (κ1) is 19.8. The van der Waals surface area contributed by atoms with Gasteiger partial charge in [0.2, 0.25) is 0 Å². The minimum Gasteiger partial charge on any atom is -0.444 e. The number of carbonyl (C=O) groups excluding carboxylic acids is 1. The number of nitrogens with one attached hydrogen (secondary N) is 1. The highest BCUT2D eigenvalue weighted by atomic mass is 79.9. The van der Waals surface area contributed by atoms with Crippen LogP contribution in [0.4, 0.5) is 10.5 Å². The first-order chi connectivity index (χ1) is 10.4. The summed E-state index contributed by atoms with van der Waals surface area (Å²) in [5, 5.41) is 3.39. The Bertz CT molecular complexity index is 545. The fraction of sp³-hybridized carbons (Fsp3) is 0.611. The van der Waals surface area contributed by atoms with E-state index in [4.69, 9.17) is 4.74 Å². The second-order valence-electron chi connectivity index (χ2n) is 7.69. The number of benzene rings is 1. The van der Waals surface area contributed by atoms with Gasteiger partial charge in [0.1, 0.15) is 5.60 Å². The van der Waals surface area contributed by atoms with Gasteiger partial charge in [0.05, 0.1) is 0 Å². The third-order valence-corrected chi connectivity index (χ3v) is 3.77. The summed E-state index contributed by atoms with van der Waals surface area (Å²) >= 11 is 3.48. The zero-order valence-electron chi connectivity index (χ0n) is 15.3. The average Bonchev–Trinajstić information content (AvgIpc) is 2.34. The van der Waals surface area contributed by atoms with Gasteiger partial charge in [-0.3, -0.25) is 0 Å². The molecule has 0 spiro atoms. The quantitative estimate of drug-likeness (QED) is 0.774. The summed E-state index contributed by atoms with van der Waals surface area (Å²) in [5.74, 6) is 0. The molecule has 0 atom stereocenters. The van der Waals surface area contributed by atoms with Crippen molar-refractivity contribution < 1.29 is 9.53 Å². The van der Waals surface area contributed by atoms with E-state index >= 15 is 0 Å². The van der Waals surface area contributed by atoms with Gasteiger partial charge in [-0.15, -0.1) is 0 Å². The normalized spacial score (nSPS) is 12.0. The highest BCUT2D eigenvalue weighted by Crippen LogP contribution is 2.21. The number of halogens is 1. The summed E-state index contributed by atoms with van der Waals surface area (Å²) in [6.45, 7) is 15.0. The molecule has 0 fully saturated rings. The molecule has 1 aromatic carbocycles. The molecule has 0 heterocycles. The van der Waals surface area contributed by atoms with E-state index in [1.165, 1.54) is 5.56 Å². The second-order valence-corrected chi connectivity index (χ2v) is 8.60. The van der Waals surface area contributed by atoms with Crippen molar-refractivity contribution in [1.29, 1.82) is 0 Å². The van der Waals surface area contributed by atoms with E-state index in [1.807, 2.05) is 53.7 Å². The van der Waals surface area contributed by atoms with Gasteiger partial charge in [0.25, 0.3) is 0 Å². The lowest BCUT2D eigenvalue weighted by Gasteiger charge is -2.37. The van der Waals surface area contributed by atoms with E-state index in [-0.39, 0.29) is 11.6 Å². The smallest absolute Gasteiger partial charge is 0.410 e. The maximum atomic E-state index is 12.4. The van der Waals surface area contributed by atoms with Crippen LogP contribution in [-0.4, -0.2) is 35.2 Å². The van der Waals surface area contributed by atoms with E-state index in [0.29, 0.717) is 13.1 Å². The number of nitrogens with zero attached hydrogens (tertiary/aromatic N) is 1. The van der Waals surface area contributed by atoms with E-state index in [0.717, 1.165) is 10.2 Å². The summed E-state index contributed by atoms with van der Waals surface area (Å²) in [6.07, 6.45) is -0.280. The zero-order chi connectivity index (χ0) is 17.8. The van der Waals surface area contributed by atoms with Gasteiger partial charge >= 0.3 is 6.09 Å². The number of carbonyl (C=O) groups is 1. The molecule has 1 N–H and O–H groups in total. The van der Waals surface area contributed by atoms with Gasteiger partial charge in [-0.25, -0.2) is 4.79 Å². The number of ether oxygens (including phenoxy) is 1. The van der Waals surface area contributed by atoms with E-state index < -0.39 is 5.60 Å². The van der Waals surface area contributed by atoms with Crippen LogP contribution < -0.4 is 5.32 Å². The van der Waals surface area contributed by atoms with Crippen LogP contribution in [0.1, 0.15) is 47.1 Å². The van der Waals surface area contributed by atoms with Crippen LogP contribution in [0.15, 0.2) is 22.7 Å². The molecule has 5 heteroatoms. The first-order valence-electron chi connectivity index (χ1n) is 7.91. The molecule has 0 aliphatic carbocycles. The van der Waals surface area contributed by atoms with E-state index in [9.17, 15) is 4.79 Å². The summed E-state index contributed by atoms with van der Waals surface area (Å²) in [4.78, 5) is 14.2. The highest BCUT2D eigenvalue weighted by Gasteiger charge is 2.30. The van der Waals surface area contributed by atoms with Crippen LogP contribution >= 0.6 is 15.9 Å². The summed E-state index contributed by atoms with van der Waals surface area (Å²) in [6, 6.07) is 6.12. The predicted molar refractivity (Wildman–Crippen MR) is 100 cm³/mol.